The highest BCUT2D eigenvalue weighted by atomic mass is 16.3. The topological polar surface area (TPSA) is 20.2 Å². The Kier molecular flexibility index (Phi) is 4.65. The molecule has 4 aromatic carbocycles. The van der Waals surface area contributed by atoms with E-state index in [9.17, 15) is 5.11 Å². The van der Waals surface area contributed by atoms with Gasteiger partial charge < -0.3 is 5.11 Å². The third-order valence-corrected chi connectivity index (χ3v) is 5.78. The van der Waals surface area contributed by atoms with Gasteiger partial charge in [0.05, 0.1) is 0 Å². The summed E-state index contributed by atoms with van der Waals surface area (Å²) in [5.74, 6) is 0.431. The van der Waals surface area contributed by atoms with Crippen LogP contribution in [0, 0.1) is 0 Å². The highest BCUT2D eigenvalue weighted by Crippen LogP contribution is 2.28. The number of hydrogen-bond acceptors (Lipinski definition) is 1. The molecule has 0 amide bonds. The number of para-hydroxylation sites is 1. The van der Waals surface area contributed by atoms with Gasteiger partial charge in [0.2, 0.25) is 0 Å². The molecule has 0 atom stereocenters. The first-order chi connectivity index (χ1) is 14.2. The summed E-state index contributed by atoms with van der Waals surface area (Å²) in [5, 5.41) is 10.9. The molecule has 1 heteroatoms. The fraction of sp³-hybridized carbons (Fsp3) is 0.143. The molecule has 4 aromatic rings. The number of fused-ring (bicyclic) bond motifs is 8. The molecule has 142 valence electrons. The van der Waals surface area contributed by atoms with Gasteiger partial charge >= 0.3 is 0 Å². The second kappa shape index (κ2) is 7.60. The maximum absolute atomic E-state index is 10.9. The van der Waals surface area contributed by atoms with Gasteiger partial charge in [-0.3, -0.25) is 0 Å². The Bertz CT molecular complexity index is 1090. The number of benzene rings is 4. The van der Waals surface area contributed by atoms with Gasteiger partial charge in [0, 0.05) is 12.8 Å². The van der Waals surface area contributed by atoms with Crippen molar-refractivity contribution in [1.29, 1.82) is 0 Å². The highest BCUT2D eigenvalue weighted by molar-refractivity contribution is 5.46. The predicted octanol–water partition coefficient (Wildman–Crippen LogP) is 6.07. The van der Waals surface area contributed by atoms with Crippen LogP contribution in [0.5, 0.6) is 5.75 Å². The molecule has 0 spiro atoms. The molecule has 1 aliphatic carbocycles. The number of phenols is 1. The van der Waals surface area contributed by atoms with Crippen molar-refractivity contribution < 1.29 is 5.11 Å². The maximum atomic E-state index is 10.9. The fourth-order valence-electron chi connectivity index (χ4n) is 4.39. The molecular weight excluding hydrogens is 352 g/mol. The number of aromatic hydroxyl groups is 1. The summed E-state index contributed by atoms with van der Waals surface area (Å²) in [4.78, 5) is 0. The summed E-state index contributed by atoms with van der Waals surface area (Å²) in [6.45, 7) is 0. The Hall–Kier alpha value is -3.32. The van der Waals surface area contributed by atoms with Gasteiger partial charge in [0.25, 0.3) is 0 Å². The van der Waals surface area contributed by atoms with E-state index in [-0.39, 0.29) is 0 Å². The van der Waals surface area contributed by atoms with E-state index < -0.39 is 0 Å². The molecule has 29 heavy (non-hydrogen) atoms. The summed E-state index contributed by atoms with van der Waals surface area (Å²) in [7, 11) is 0. The van der Waals surface area contributed by atoms with Crippen LogP contribution in [0.1, 0.15) is 44.5 Å². The Morgan fingerprint density at radius 3 is 1.10 bits per heavy atom. The summed E-state index contributed by atoms with van der Waals surface area (Å²) in [6.07, 6.45) is 3.34. The Morgan fingerprint density at radius 1 is 0.414 bits per heavy atom. The second-order valence-electron chi connectivity index (χ2n) is 8.09. The molecule has 8 bridgehead atoms. The maximum Gasteiger partial charge on any atom is 0.122 e. The second-order valence-corrected chi connectivity index (χ2v) is 8.09. The van der Waals surface area contributed by atoms with Gasteiger partial charge in [-0.2, -0.15) is 0 Å². The van der Waals surface area contributed by atoms with E-state index >= 15 is 0 Å². The van der Waals surface area contributed by atoms with E-state index in [0.717, 1.165) is 36.8 Å². The third kappa shape index (κ3) is 3.95. The molecule has 5 rings (SSSR count). The van der Waals surface area contributed by atoms with Crippen LogP contribution in [0.3, 0.4) is 0 Å². The molecule has 0 heterocycles. The van der Waals surface area contributed by atoms with Crippen LogP contribution in [0.25, 0.3) is 0 Å². The molecule has 0 radical (unpaired) electrons. The smallest absolute Gasteiger partial charge is 0.122 e. The van der Waals surface area contributed by atoms with Crippen LogP contribution in [0.15, 0.2) is 91.0 Å². The van der Waals surface area contributed by atoms with Gasteiger partial charge in [-0.15, -0.1) is 0 Å². The van der Waals surface area contributed by atoms with Gasteiger partial charge in [0.15, 0.2) is 0 Å². The monoisotopic (exact) mass is 376 g/mol. The van der Waals surface area contributed by atoms with Crippen molar-refractivity contribution in [3.63, 3.8) is 0 Å². The van der Waals surface area contributed by atoms with Crippen LogP contribution >= 0.6 is 0 Å². The third-order valence-electron chi connectivity index (χ3n) is 5.78. The van der Waals surface area contributed by atoms with E-state index in [1.807, 2.05) is 12.1 Å². The van der Waals surface area contributed by atoms with E-state index in [2.05, 4.69) is 78.9 Å². The molecule has 0 aromatic heterocycles. The van der Waals surface area contributed by atoms with Crippen molar-refractivity contribution in [1.82, 2.24) is 0 Å². The Morgan fingerprint density at radius 2 is 0.724 bits per heavy atom. The van der Waals surface area contributed by atoms with Gasteiger partial charge in [0.1, 0.15) is 5.75 Å². The largest absolute Gasteiger partial charge is 0.507 e. The first-order valence-electron chi connectivity index (χ1n) is 10.3. The lowest BCUT2D eigenvalue weighted by molar-refractivity contribution is 0.463. The van der Waals surface area contributed by atoms with Crippen molar-refractivity contribution in [2.75, 3.05) is 0 Å². The lowest BCUT2D eigenvalue weighted by Crippen LogP contribution is -1.98. The van der Waals surface area contributed by atoms with Crippen molar-refractivity contribution in [3.8, 4) is 5.75 Å². The van der Waals surface area contributed by atoms with Crippen LogP contribution in [-0.2, 0) is 25.7 Å². The van der Waals surface area contributed by atoms with E-state index in [0.29, 0.717) is 5.75 Å². The summed E-state index contributed by atoms with van der Waals surface area (Å²) in [5.41, 5.74) is 9.75. The van der Waals surface area contributed by atoms with Crippen molar-refractivity contribution >= 4 is 0 Å². The first kappa shape index (κ1) is 17.8. The van der Waals surface area contributed by atoms with Gasteiger partial charge in [-0.25, -0.2) is 0 Å². The molecule has 0 unspecified atom stereocenters. The molecule has 0 fully saturated rings. The minimum Gasteiger partial charge on any atom is -0.507 e. The molecule has 0 saturated heterocycles. The highest BCUT2D eigenvalue weighted by Gasteiger charge is 2.10. The van der Waals surface area contributed by atoms with Gasteiger partial charge in [-0.1, -0.05) is 91.0 Å². The van der Waals surface area contributed by atoms with E-state index in [1.165, 1.54) is 33.4 Å². The zero-order valence-corrected chi connectivity index (χ0v) is 16.4. The lowest BCUT2D eigenvalue weighted by Gasteiger charge is -2.13. The Labute approximate surface area is 172 Å². The zero-order chi connectivity index (χ0) is 19.6. The minimum atomic E-state index is 0.431. The molecule has 1 N–H and O–H groups in total. The number of rotatable bonds is 0. The van der Waals surface area contributed by atoms with Crippen molar-refractivity contribution in [2.24, 2.45) is 0 Å². The summed E-state index contributed by atoms with van der Waals surface area (Å²) >= 11 is 0. The van der Waals surface area contributed by atoms with Crippen molar-refractivity contribution in [2.45, 2.75) is 25.7 Å². The molecular formula is C28H24O. The van der Waals surface area contributed by atoms with E-state index in [4.69, 9.17) is 0 Å². The lowest BCUT2D eigenvalue weighted by atomic mass is 9.93. The zero-order valence-electron chi connectivity index (χ0n) is 16.4. The van der Waals surface area contributed by atoms with Crippen LogP contribution in [0.2, 0.25) is 0 Å². The SMILES string of the molecule is Oc1c2cccc1Cc1cccc(c1)Cc1cccc(c1)Cc1cccc(c1)C2. The van der Waals surface area contributed by atoms with Gasteiger partial charge in [-0.05, 0) is 57.3 Å². The molecule has 0 aliphatic heterocycles. The minimum absolute atomic E-state index is 0.431. The predicted molar refractivity (Wildman–Crippen MR) is 119 cm³/mol. The average molecular weight is 376 g/mol. The molecule has 1 aliphatic rings. The average Bonchev–Trinajstić information content (AvgIpc) is 2.71. The number of hydrogen-bond donors (Lipinski definition) is 1. The fourth-order valence-corrected chi connectivity index (χ4v) is 4.39. The number of phenolic OH excluding ortho intramolecular Hbond substituents is 1. The van der Waals surface area contributed by atoms with Crippen LogP contribution in [-0.4, -0.2) is 5.11 Å². The first-order valence-corrected chi connectivity index (χ1v) is 10.3. The summed E-state index contributed by atoms with van der Waals surface area (Å²) < 4.78 is 0. The quantitative estimate of drug-likeness (QED) is 0.348. The summed E-state index contributed by atoms with van der Waals surface area (Å²) in [6, 6.07) is 32.6. The Balaban J connectivity index is 1.63. The normalized spacial score (nSPS) is 13.1. The standard InChI is InChI=1S/C28H24O/c29-28-26-11-4-12-27(28)19-25-10-3-8-23(17-25)15-21-6-1-5-20(13-21)14-22-7-2-9-24(16-22)18-26/h1-13,16-17,29H,14-15,18-19H2. The van der Waals surface area contributed by atoms with Crippen LogP contribution in [0.4, 0.5) is 0 Å². The molecule has 1 nitrogen and oxygen atoms in total. The molecule has 0 saturated carbocycles. The van der Waals surface area contributed by atoms with Crippen molar-refractivity contribution in [3.05, 3.63) is 136 Å². The van der Waals surface area contributed by atoms with E-state index in [1.54, 1.807) is 0 Å². The van der Waals surface area contributed by atoms with Crippen LogP contribution < -0.4 is 0 Å².